The maximum atomic E-state index is 13.2. The number of hydrogen-bond donors (Lipinski definition) is 1. The highest BCUT2D eigenvalue weighted by atomic mass is 35.5. The van der Waals surface area contributed by atoms with Crippen LogP contribution < -0.4 is 5.73 Å². The van der Waals surface area contributed by atoms with Crippen LogP contribution in [0, 0.1) is 5.82 Å². The van der Waals surface area contributed by atoms with Crippen LogP contribution in [0.3, 0.4) is 0 Å². The third-order valence-corrected chi connectivity index (χ3v) is 3.98. The van der Waals surface area contributed by atoms with Gasteiger partial charge in [-0.05, 0) is 54.7 Å². The number of nitrogens with two attached hydrogens (primary N) is 1. The summed E-state index contributed by atoms with van der Waals surface area (Å²) in [6.45, 7) is 1.88. The lowest BCUT2D eigenvalue weighted by Gasteiger charge is -2.22. The Morgan fingerprint density at radius 2 is 1.77 bits per heavy atom. The molecule has 0 radical (unpaired) electrons. The third kappa shape index (κ3) is 4.72. The molecule has 0 aromatic heterocycles. The van der Waals surface area contributed by atoms with E-state index in [2.05, 4.69) is 11.0 Å². The van der Waals surface area contributed by atoms with Crippen LogP contribution in [0.4, 0.5) is 10.1 Å². The maximum absolute atomic E-state index is 13.2. The zero-order valence-electron chi connectivity index (χ0n) is 12.5. The Hall–Kier alpha value is -1.58. The van der Waals surface area contributed by atoms with Crippen molar-refractivity contribution >= 4 is 18.1 Å². The first-order valence-corrected chi connectivity index (χ1v) is 7.53. The number of hydrogen-bond acceptors (Lipinski definition) is 2. The molecule has 1 saturated carbocycles. The summed E-state index contributed by atoms with van der Waals surface area (Å²) in [6, 6.07) is 15.7. The minimum atomic E-state index is -0.152. The fraction of sp³-hybridized carbons (Fsp3) is 0.333. The van der Waals surface area contributed by atoms with Crippen LogP contribution >= 0.6 is 12.4 Å². The number of anilines is 1. The second-order valence-electron chi connectivity index (χ2n) is 5.83. The van der Waals surface area contributed by atoms with Crippen LogP contribution in [0.2, 0.25) is 0 Å². The largest absolute Gasteiger partial charge is 0.399 e. The molecule has 3 rings (SSSR count). The van der Waals surface area contributed by atoms with E-state index in [1.165, 1.54) is 24.5 Å². The van der Waals surface area contributed by atoms with Crippen molar-refractivity contribution in [2.45, 2.75) is 31.8 Å². The van der Waals surface area contributed by atoms with Gasteiger partial charge >= 0.3 is 0 Å². The van der Waals surface area contributed by atoms with Crippen LogP contribution in [-0.2, 0) is 13.0 Å². The van der Waals surface area contributed by atoms with Crippen molar-refractivity contribution < 1.29 is 4.39 Å². The molecule has 22 heavy (non-hydrogen) atoms. The molecule has 1 fully saturated rings. The van der Waals surface area contributed by atoms with E-state index in [0.717, 1.165) is 30.8 Å². The smallest absolute Gasteiger partial charge is 0.123 e. The van der Waals surface area contributed by atoms with Crippen molar-refractivity contribution in [3.8, 4) is 0 Å². The second-order valence-corrected chi connectivity index (χ2v) is 5.83. The van der Waals surface area contributed by atoms with Crippen LogP contribution in [0.15, 0.2) is 48.5 Å². The van der Waals surface area contributed by atoms with E-state index in [4.69, 9.17) is 5.73 Å². The number of nitrogens with zero attached hydrogens (tertiary/aromatic N) is 1. The molecule has 2 aromatic carbocycles. The molecule has 0 aliphatic heterocycles. The zero-order valence-corrected chi connectivity index (χ0v) is 13.4. The van der Waals surface area contributed by atoms with Crippen molar-refractivity contribution in [2.24, 2.45) is 0 Å². The summed E-state index contributed by atoms with van der Waals surface area (Å²) in [5.41, 5.74) is 8.98. The van der Waals surface area contributed by atoms with Gasteiger partial charge in [-0.15, -0.1) is 12.4 Å². The molecule has 118 valence electrons. The molecule has 1 aliphatic carbocycles. The second kappa shape index (κ2) is 7.61. The number of benzene rings is 2. The van der Waals surface area contributed by atoms with Gasteiger partial charge in [-0.1, -0.05) is 24.3 Å². The van der Waals surface area contributed by atoms with Gasteiger partial charge in [-0.3, -0.25) is 4.90 Å². The lowest BCUT2D eigenvalue weighted by Crippen LogP contribution is -2.28. The van der Waals surface area contributed by atoms with Gasteiger partial charge in [0, 0.05) is 24.8 Å². The van der Waals surface area contributed by atoms with Gasteiger partial charge in [0.1, 0.15) is 5.82 Å². The average molecular weight is 321 g/mol. The van der Waals surface area contributed by atoms with E-state index in [9.17, 15) is 4.39 Å². The standard InChI is InChI=1S/C18H21FN2.ClH/c19-16-5-1-3-14(11-16)9-10-21(18-7-8-18)13-15-4-2-6-17(20)12-15;/h1-6,11-12,18H,7-10,13,20H2;1H. The minimum Gasteiger partial charge on any atom is -0.399 e. The van der Waals surface area contributed by atoms with Crippen LogP contribution in [0.5, 0.6) is 0 Å². The van der Waals surface area contributed by atoms with Gasteiger partial charge in [-0.2, -0.15) is 0 Å². The quantitative estimate of drug-likeness (QED) is 0.814. The van der Waals surface area contributed by atoms with E-state index in [0.29, 0.717) is 6.04 Å². The Bertz CT molecular complexity index is 614. The Morgan fingerprint density at radius 3 is 2.45 bits per heavy atom. The lowest BCUT2D eigenvalue weighted by molar-refractivity contribution is 0.258. The van der Waals surface area contributed by atoms with Gasteiger partial charge in [0.05, 0.1) is 0 Å². The van der Waals surface area contributed by atoms with Crippen molar-refractivity contribution in [2.75, 3.05) is 12.3 Å². The van der Waals surface area contributed by atoms with E-state index in [1.54, 1.807) is 12.1 Å². The van der Waals surface area contributed by atoms with E-state index < -0.39 is 0 Å². The van der Waals surface area contributed by atoms with E-state index >= 15 is 0 Å². The zero-order chi connectivity index (χ0) is 14.7. The summed E-state index contributed by atoms with van der Waals surface area (Å²) >= 11 is 0. The number of nitrogen functional groups attached to an aromatic ring is 1. The predicted octanol–water partition coefficient (Wildman–Crippen LogP) is 4.04. The van der Waals surface area contributed by atoms with Gasteiger partial charge in [0.15, 0.2) is 0 Å². The Kier molecular flexibility index (Phi) is 5.81. The first-order chi connectivity index (χ1) is 10.2. The third-order valence-electron chi connectivity index (χ3n) is 3.98. The van der Waals surface area contributed by atoms with Crippen molar-refractivity contribution in [3.05, 3.63) is 65.5 Å². The van der Waals surface area contributed by atoms with Gasteiger partial charge in [0.2, 0.25) is 0 Å². The summed E-state index contributed by atoms with van der Waals surface area (Å²) in [7, 11) is 0. The highest BCUT2D eigenvalue weighted by Gasteiger charge is 2.28. The monoisotopic (exact) mass is 320 g/mol. The highest BCUT2D eigenvalue weighted by Crippen LogP contribution is 2.28. The Morgan fingerprint density at radius 1 is 1.05 bits per heavy atom. The fourth-order valence-electron chi connectivity index (χ4n) is 2.72. The van der Waals surface area contributed by atoms with Crippen molar-refractivity contribution in [1.29, 1.82) is 0 Å². The first-order valence-electron chi connectivity index (χ1n) is 7.53. The van der Waals surface area contributed by atoms with Crippen LogP contribution in [0.25, 0.3) is 0 Å². The molecule has 0 heterocycles. The molecule has 2 nitrogen and oxygen atoms in total. The molecular formula is C18H22ClFN2. The number of rotatable bonds is 6. The predicted molar refractivity (Wildman–Crippen MR) is 91.6 cm³/mol. The molecule has 0 spiro atoms. The maximum Gasteiger partial charge on any atom is 0.123 e. The van der Waals surface area contributed by atoms with Gasteiger partial charge in [-0.25, -0.2) is 4.39 Å². The molecule has 0 unspecified atom stereocenters. The fourth-order valence-corrected chi connectivity index (χ4v) is 2.72. The summed E-state index contributed by atoms with van der Waals surface area (Å²) in [4.78, 5) is 2.49. The van der Waals surface area contributed by atoms with Crippen molar-refractivity contribution in [3.63, 3.8) is 0 Å². The normalized spacial score (nSPS) is 13.9. The Balaban J connectivity index is 0.00000176. The molecule has 0 bridgehead atoms. The average Bonchev–Trinajstić information content (AvgIpc) is 3.28. The Labute approximate surface area is 137 Å². The lowest BCUT2D eigenvalue weighted by atomic mass is 10.1. The summed E-state index contributed by atoms with van der Waals surface area (Å²) in [5.74, 6) is -0.152. The van der Waals surface area contributed by atoms with E-state index in [-0.39, 0.29) is 18.2 Å². The molecule has 1 aliphatic rings. The molecule has 0 amide bonds. The SMILES string of the molecule is Cl.Nc1cccc(CN(CCc2cccc(F)c2)C2CC2)c1. The molecule has 2 N–H and O–H groups in total. The summed E-state index contributed by atoms with van der Waals surface area (Å²) in [6.07, 6.45) is 3.42. The molecule has 0 saturated heterocycles. The number of halogens is 2. The summed E-state index contributed by atoms with van der Waals surface area (Å²) in [5, 5.41) is 0. The molecule has 2 aromatic rings. The van der Waals surface area contributed by atoms with E-state index in [1.807, 2.05) is 24.3 Å². The van der Waals surface area contributed by atoms with Crippen LogP contribution in [0.1, 0.15) is 24.0 Å². The highest BCUT2D eigenvalue weighted by molar-refractivity contribution is 5.85. The topological polar surface area (TPSA) is 29.3 Å². The van der Waals surface area contributed by atoms with Crippen LogP contribution in [-0.4, -0.2) is 17.5 Å². The molecular weight excluding hydrogens is 299 g/mol. The first kappa shape index (κ1) is 16.8. The van der Waals surface area contributed by atoms with Crippen molar-refractivity contribution in [1.82, 2.24) is 4.90 Å². The minimum absolute atomic E-state index is 0. The van der Waals surface area contributed by atoms with Gasteiger partial charge in [0.25, 0.3) is 0 Å². The molecule has 0 atom stereocenters. The summed E-state index contributed by atoms with van der Waals surface area (Å²) < 4.78 is 13.2. The van der Waals surface area contributed by atoms with Gasteiger partial charge < -0.3 is 5.73 Å². The molecule has 4 heteroatoms.